The van der Waals surface area contributed by atoms with Crippen molar-refractivity contribution in [2.75, 3.05) is 26.3 Å². The number of carbonyl (C=O) groups is 1. The van der Waals surface area contributed by atoms with Crippen LogP contribution >= 0.6 is 11.3 Å². The van der Waals surface area contributed by atoms with E-state index in [0.717, 1.165) is 28.4 Å². The summed E-state index contributed by atoms with van der Waals surface area (Å²) in [6.45, 7) is 5.95. The number of hydrogen-bond acceptors (Lipinski definition) is 5. The number of likely N-dealkylation sites (tertiary alicyclic amines) is 1. The van der Waals surface area contributed by atoms with Crippen LogP contribution in [0.25, 0.3) is 10.6 Å². The fourth-order valence-electron chi connectivity index (χ4n) is 2.89. The van der Waals surface area contributed by atoms with Gasteiger partial charge in [0.25, 0.3) is 5.91 Å². The summed E-state index contributed by atoms with van der Waals surface area (Å²) in [4.78, 5) is 19.8. The predicted octanol–water partition coefficient (Wildman–Crippen LogP) is 2.97. The van der Waals surface area contributed by atoms with Crippen LogP contribution in [0.3, 0.4) is 0 Å². The van der Waals surface area contributed by atoms with Gasteiger partial charge in [-0.05, 0) is 44.5 Å². The van der Waals surface area contributed by atoms with E-state index in [1.807, 2.05) is 43.0 Å². The Hall–Kier alpha value is -1.92. The number of aliphatic hydroxyl groups excluding tert-OH is 1. The molecule has 3 rings (SSSR count). The third kappa shape index (κ3) is 3.44. The van der Waals surface area contributed by atoms with Gasteiger partial charge in [0.2, 0.25) is 0 Å². The fraction of sp³-hybridized carbons (Fsp3) is 0.444. The Morgan fingerprint density at radius 3 is 2.79 bits per heavy atom. The molecule has 1 amide bonds. The number of benzene rings is 1. The molecule has 0 radical (unpaired) electrons. The number of carbonyl (C=O) groups excluding carboxylic acids is 1. The molecular weight excluding hydrogens is 324 g/mol. The number of aliphatic hydroxyl groups is 1. The lowest BCUT2D eigenvalue weighted by Gasteiger charge is -2.15. The van der Waals surface area contributed by atoms with Crippen molar-refractivity contribution in [1.82, 2.24) is 9.88 Å². The molecule has 0 spiro atoms. The third-order valence-electron chi connectivity index (χ3n) is 4.23. The monoisotopic (exact) mass is 346 g/mol. The first-order valence-corrected chi connectivity index (χ1v) is 9.04. The average molecular weight is 346 g/mol. The molecule has 1 aromatic carbocycles. The quantitative estimate of drug-likeness (QED) is 0.904. The molecule has 2 aromatic rings. The second kappa shape index (κ2) is 7.32. The van der Waals surface area contributed by atoms with Gasteiger partial charge >= 0.3 is 0 Å². The summed E-state index contributed by atoms with van der Waals surface area (Å²) in [6, 6.07) is 7.77. The number of aromatic nitrogens is 1. The third-order valence-corrected chi connectivity index (χ3v) is 5.43. The van der Waals surface area contributed by atoms with Crippen LogP contribution in [-0.2, 0) is 0 Å². The molecule has 5 nitrogen and oxygen atoms in total. The molecule has 1 atom stereocenters. The molecule has 1 fully saturated rings. The zero-order valence-corrected chi connectivity index (χ0v) is 14.8. The van der Waals surface area contributed by atoms with E-state index in [2.05, 4.69) is 4.98 Å². The first kappa shape index (κ1) is 16.9. The minimum absolute atomic E-state index is 0.0261. The van der Waals surface area contributed by atoms with E-state index < -0.39 is 0 Å². The molecule has 24 heavy (non-hydrogen) atoms. The second-order valence-corrected chi connectivity index (χ2v) is 6.98. The Morgan fingerprint density at radius 1 is 1.42 bits per heavy atom. The van der Waals surface area contributed by atoms with Gasteiger partial charge in [-0.15, -0.1) is 11.3 Å². The molecular formula is C18H22N2O3S. The topological polar surface area (TPSA) is 62.7 Å². The van der Waals surface area contributed by atoms with E-state index >= 15 is 0 Å². The normalized spacial score (nSPS) is 17.3. The zero-order valence-electron chi connectivity index (χ0n) is 14.0. The molecule has 1 unspecified atom stereocenters. The molecule has 0 saturated carbocycles. The van der Waals surface area contributed by atoms with Gasteiger partial charge in [0.05, 0.1) is 12.3 Å². The van der Waals surface area contributed by atoms with Crippen LogP contribution in [0.1, 0.15) is 28.7 Å². The van der Waals surface area contributed by atoms with Crippen LogP contribution in [-0.4, -0.2) is 47.2 Å². The average Bonchev–Trinajstić information content (AvgIpc) is 3.22. The smallest absolute Gasteiger partial charge is 0.265 e. The van der Waals surface area contributed by atoms with Crippen molar-refractivity contribution >= 4 is 17.2 Å². The SMILES string of the molecule is CCOc1ccc(-c2nc(C)c(C(=O)N3CCC(CO)C3)s2)cc1. The predicted molar refractivity (Wildman–Crippen MR) is 94.6 cm³/mol. The van der Waals surface area contributed by atoms with Crippen LogP contribution in [0, 0.1) is 12.8 Å². The summed E-state index contributed by atoms with van der Waals surface area (Å²) in [5, 5.41) is 10.1. The molecule has 1 saturated heterocycles. The van der Waals surface area contributed by atoms with Gasteiger partial charge in [-0.3, -0.25) is 4.79 Å². The highest BCUT2D eigenvalue weighted by atomic mass is 32.1. The van der Waals surface area contributed by atoms with Gasteiger partial charge < -0.3 is 14.7 Å². The lowest BCUT2D eigenvalue weighted by atomic mass is 10.1. The van der Waals surface area contributed by atoms with Crippen molar-refractivity contribution in [3.63, 3.8) is 0 Å². The molecule has 6 heteroatoms. The van der Waals surface area contributed by atoms with Crippen LogP contribution in [0.5, 0.6) is 5.75 Å². The van der Waals surface area contributed by atoms with E-state index in [0.29, 0.717) is 24.6 Å². The van der Waals surface area contributed by atoms with Crippen LogP contribution in [0.2, 0.25) is 0 Å². The van der Waals surface area contributed by atoms with E-state index in [9.17, 15) is 9.90 Å². The number of nitrogens with zero attached hydrogens (tertiary/aromatic N) is 2. The zero-order chi connectivity index (χ0) is 17.1. The van der Waals surface area contributed by atoms with Crippen molar-refractivity contribution in [2.45, 2.75) is 20.3 Å². The minimum Gasteiger partial charge on any atom is -0.494 e. The number of rotatable bonds is 5. The molecule has 2 heterocycles. The standard InChI is InChI=1S/C18H22N2O3S/c1-3-23-15-6-4-14(5-7-15)17-19-12(2)16(24-17)18(22)20-9-8-13(10-20)11-21/h4-7,13,21H,3,8-11H2,1-2H3. The van der Waals surface area contributed by atoms with Crippen LogP contribution < -0.4 is 4.74 Å². The highest BCUT2D eigenvalue weighted by Crippen LogP contribution is 2.31. The van der Waals surface area contributed by atoms with E-state index in [1.54, 1.807) is 0 Å². The minimum atomic E-state index is 0.0261. The summed E-state index contributed by atoms with van der Waals surface area (Å²) in [6.07, 6.45) is 0.867. The molecule has 0 aliphatic carbocycles. The maximum absolute atomic E-state index is 12.7. The Kier molecular flexibility index (Phi) is 5.16. The van der Waals surface area contributed by atoms with Crippen LogP contribution in [0.15, 0.2) is 24.3 Å². The number of ether oxygens (including phenoxy) is 1. The van der Waals surface area contributed by atoms with Gasteiger partial charge in [0.1, 0.15) is 15.6 Å². The molecule has 1 aliphatic heterocycles. The van der Waals surface area contributed by atoms with E-state index in [1.165, 1.54) is 11.3 Å². The van der Waals surface area contributed by atoms with Gasteiger partial charge in [-0.1, -0.05) is 0 Å². The maximum Gasteiger partial charge on any atom is 0.265 e. The van der Waals surface area contributed by atoms with Crippen molar-refractivity contribution in [2.24, 2.45) is 5.92 Å². The summed E-state index contributed by atoms with van der Waals surface area (Å²) < 4.78 is 5.45. The fourth-order valence-corrected chi connectivity index (χ4v) is 3.93. The number of aryl methyl sites for hydroxylation is 1. The van der Waals surface area contributed by atoms with Crippen molar-refractivity contribution in [1.29, 1.82) is 0 Å². The van der Waals surface area contributed by atoms with Crippen molar-refractivity contribution in [3.05, 3.63) is 34.8 Å². The summed E-state index contributed by atoms with van der Waals surface area (Å²) in [5.41, 5.74) is 1.75. The van der Waals surface area contributed by atoms with E-state index in [-0.39, 0.29) is 18.4 Å². The first-order chi connectivity index (χ1) is 11.6. The van der Waals surface area contributed by atoms with Gasteiger partial charge in [0, 0.05) is 31.2 Å². The molecule has 1 N–H and O–H groups in total. The largest absolute Gasteiger partial charge is 0.494 e. The maximum atomic E-state index is 12.7. The molecule has 1 aromatic heterocycles. The van der Waals surface area contributed by atoms with Gasteiger partial charge in [-0.25, -0.2) is 4.98 Å². The Bertz CT molecular complexity index is 712. The molecule has 0 bridgehead atoms. The Labute approximate surface area is 145 Å². The van der Waals surface area contributed by atoms with Gasteiger partial charge in [-0.2, -0.15) is 0 Å². The highest BCUT2D eigenvalue weighted by molar-refractivity contribution is 7.17. The lowest BCUT2D eigenvalue weighted by molar-refractivity contribution is 0.0785. The van der Waals surface area contributed by atoms with Gasteiger partial charge in [0.15, 0.2) is 0 Å². The Morgan fingerprint density at radius 2 is 2.17 bits per heavy atom. The summed E-state index contributed by atoms with van der Waals surface area (Å²) in [5.74, 6) is 1.06. The Balaban J connectivity index is 1.78. The number of hydrogen-bond donors (Lipinski definition) is 1. The second-order valence-electron chi connectivity index (χ2n) is 5.98. The highest BCUT2D eigenvalue weighted by Gasteiger charge is 2.28. The molecule has 128 valence electrons. The van der Waals surface area contributed by atoms with Crippen molar-refractivity contribution in [3.8, 4) is 16.3 Å². The van der Waals surface area contributed by atoms with E-state index in [4.69, 9.17) is 4.74 Å². The lowest BCUT2D eigenvalue weighted by Crippen LogP contribution is -2.29. The van der Waals surface area contributed by atoms with Crippen molar-refractivity contribution < 1.29 is 14.6 Å². The first-order valence-electron chi connectivity index (χ1n) is 8.23. The number of amides is 1. The summed E-state index contributed by atoms with van der Waals surface area (Å²) in [7, 11) is 0. The van der Waals surface area contributed by atoms with Crippen LogP contribution in [0.4, 0.5) is 0 Å². The number of thiazole rings is 1. The molecule has 1 aliphatic rings. The summed E-state index contributed by atoms with van der Waals surface area (Å²) >= 11 is 1.43.